The van der Waals surface area contributed by atoms with E-state index in [9.17, 15) is 5.11 Å². The van der Waals surface area contributed by atoms with Crippen LogP contribution in [0.25, 0.3) is 0 Å². The molecule has 1 fully saturated rings. The van der Waals surface area contributed by atoms with Crippen LogP contribution in [0, 0.1) is 0 Å². The molecule has 1 aromatic heterocycles. The zero-order valence-corrected chi connectivity index (χ0v) is 12.6. The van der Waals surface area contributed by atoms with E-state index in [4.69, 9.17) is 4.74 Å². The molecule has 1 aromatic rings. The van der Waals surface area contributed by atoms with Gasteiger partial charge in [-0.05, 0) is 36.8 Å². The fraction of sp³-hybridized carbons (Fsp3) is 0.750. The smallest absolute Gasteiger partial charge is 0.124 e. The van der Waals surface area contributed by atoms with Crippen LogP contribution >= 0.6 is 15.9 Å². The second kappa shape index (κ2) is 5.69. The number of hydrogen-bond donors (Lipinski definition) is 1. The Morgan fingerprint density at radius 3 is 2.89 bits per heavy atom. The van der Waals surface area contributed by atoms with Crippen molar-refractivity contribution in [2.75, 3.05) is 26.7 Å². The number of rotatable bonds is 3. The van der Waals surface area contributed by atoms with Crippen molar-refractivity contribution in [3.63, 3.8) is 0 Å². The Labute approximate surface area is 116 Å². The van der Waals surface area contributed by atoms with E-state index in [1.807, 2.05) is 25.6 Å². The Bertz CT molecular complexity index is 408. The standard InChI is InChI=1S/C12H20BrN3O2/c1-8(2)16-11(9(13)6-14-16)12(17)10-7-15(3)4-5-18-10/h6,8,10,12,17H,4-5,7H2,1-3H3. The average Bonchev–Trinajstić information content (AvgIpc) is 2.70. The number of nitrogens with zero attached hydrogens (tertiary/aromatic N) is 3. The number of aliphatic hydroxyl groups excluding tert-OH is 1. The predicted molar refractivity (Wildman–Crippen MR) is 72.5 cm³/mol. The maximum Gasteiger partial charge on any atom is 0.124 e. The van der Waals surface area contributed by atoms with E-state index in [0.29, 0.717) is 6.61 Å². The van der Waals surface area contributed by atoms with Crippen LogP contribution in [0.1, 0.15) is 31.7 Å². The molecule has 1 aliphatic rings. The van der Waals surface area contributed by atoms with E-state index in [-0.39, 0.29) is 12.1 Å². The van der Waals surface area contributed by atoms with E-state index in [1.165, 1.54) is 0 Å². The van der Waals surface area contributed by atoms with E-state index in [0.717, 1.165) is 23.3 Å². The first-order valence-electron chi connectivity index (χ1n) is 6.21. The second-order valence-corrected chi connectivity index (χ2v) is 5.89. The second-order valence-electron chi connectivity index (χ2n) is 5.03. The molecule has 2 heterocycles. The number of hydrogen-bond acceptors (Lipinski definition) is 4. The highest BCUT2D eigenvalue weighted by molar-refractivity contribution is 9.10. The van der Waals surface area contributed by atoms with Gasteiger partial charge in [0.2, 0.25) is 0 Å². The quantitative estimate of drug-likeness (QED) is 0.920. The molecule has 0 saturated carbocycles. The molecular weight excluding hydrogens is 298 g/mol. The summed E-state index contributed by atoms with van der Waals surface area (Å²) in [6.45, 7) is 6.39. The number of morpholine rings is 1. The monoisotopic (exact) mass is 317 g/mol. The lowest BCUT2D eigenvalue weighted by Crippen LogP contribution is -2.43. The molecule has 2 atom stereocenters. The third-order valence-corrected chi connectivity index (χ3v) is 3.82. The summed E-state index contributed by atoms with van der Waals surface area (Å²) in [4.78, 5) is 2.17. The zero-order chi connectivity index (χ0) is 13.3. The van der Waals surface area contributed by atoms with Gasteiger partial charge in [0.1, 0.15) is 12.2 Å². The molecule has 0 radical (unpaired) electrons. The van der Waals surface area contributed by atoms with Crippen molar-refractivity contribution in [1.82, 2.24) is 14.7 Å². The Hall–Kier alpha value is -0.430. The lowest BCUT2D eigenvalue weighted by atomic mass is 10.1. The number of aromatic nitrogens is 2. The maximum atomic E-state index is 10.5. The summed E-state index contributed by atoms with van der Waals surface area (Å²) in [5.41, 5.74) is 0.797. The SMILES string of the molecule is CC(C)n1ncc(Br)c1C(O)C1CN(C)CCO1. The summed E-state index contributed by atoms with van der Waals surface area (Å²) in [6.07, 6.45) is 0.867. The highest BCUT2D eigenvalue weighted by Gasteiger charge is 2.30. The van der Waals surface area contributed by atoms with Crippen LogP contribution in [-0.2, 0) is 4.74 Å². The molecule has 5 nitrogen and oxygen atoms in total. The average molecular weight is 318 g/mol. The number of likely N-dealkylation sites (N-methyl/N-ethyl adjacent to an activating group) is 1. The van der Waals surface area contributed by atoms with Gasteiger partial charge in [-0.15, -0.1) is 0 Å². The Morgan fingerprint density at radius 2 is 2.28 bits per heavy atom. The van der Waals surface area contributed by atoms with Gasteiger partial charge < -0.3 is 14.7 Å². The Morgan fingerprint density at radius 1 is 1.56 bits per heavy atom. The van der Waals surface area contributed by atoms with Gasteiger partial charge in [0.15, 0.2) is 0 Å². The van der Waals surface area contributed by atoms with Crippen molar-refractivity contribution in [2.24, 2.45) is 0 Å². The van der Waals surface area contributed by atoms with Gasteiger partial charge in [-0.25, -0.2) is 0 Å². The fourth-order valence-corrected chi connectivity index (χ4v) is 2.72. The van der Waals surface area contributed by atoms with Gasteiger partial charge >= 0.3 is 0 Å². The zero-order valence-electron chi connectivity index (χ0n) is 11.0. The van der Waals surface area contributed by atoms with Crippen LogP contribution < -0.4 is 0 Å². The van der Waals surface area contributed by atoms with Gasteiger partial charge in [0.25, 0.3) is 0 Å². The first-order chi connectivity index (χ1) is 8.50. The molecule has 2 unspecified atom stereocenters. The van der Waals surface area contributed by atoms with Crippen LogP contribution in [0.4, 0.5) is 0 Å². The molecular formula is C12H20BrN3O2. The first kappa shape index (κ1) is 14.0. The van der Waals surface area contributed by atoms with Gasteiger partial charge in [0.05, 0.1) is 23.0 Å². The van der Waals surface area contributed by atoms with Crippen LogP contribution in [0.3, 0.4) is 0 Å². The van der Waals surface area contributed by atoms with E-state index >= 15 is 0 Å². The van der Waals surface area contributed by atoms with Crippen molar-refractivity contribution in [1.29, 1.82) is 0 Å². The summed E-state index contributed by atoms with van der Waals surface area (Å²) in [5, 5.41) is 14.8. The van der Waals surface area contributed by atoms with Crippen molar-refractivity contribution in [3.05, 3.63) is 16.4 Å². The normalized spacial score (nSPS) is 23.6. The topological polar surface area (TPSA) is 50.5 Å². The molecule has 2 rings (SSSR count). The number of halogens is 1. The lowest BCUT2D eigenvalue weighted by Gasteiger charge is -2.33. The Kier molecular flexibility index (Phi) is 4.42. The minimum absolute atomic E-state index is 0.200. The predicted octanol–water partition coefficient (Wildman–Crippen LogP) is 1.59. The fourth-order valence-electron chi connectivity index (χ4n) is 2.22. The van der Waals surface area contributed by atoms with Crippen molar-refractivity contribution in [2.45, 2.75) is 32.1 Å². The lowest BCUT2D eigenvalue weighted by molar-refractivity contribution is -0.0873. The summed E-state index contributed by atoms with van der Waals surface area (Å²) >= 11 is 3.46. The molecule has 1 saturated heterocycles. The van der Waals surface area contributed by atoms with Gasteiger partial charge in [0, 0.05) is 19.1 Å². The largest absolute Gasteiger partial charge is 0.384 e. The van der Waals surface area contributed by atoms with Crippen molar-refractivity contribution in [3.8, 4) is 0 Å². The van der Waals surface area contributed by atoms with Crippen LogP contribution in [0.15, 0.2) is 10.7 Å². The number of aliphatic hydroxyl groups is 1. The number of ether oxygens (including phenoxy) is 1. The molecule has 0 spiro atoms. The van der Waals surface area contributed by atoms with E-state index < -0.39 is 6.10 Å². The first-order valence-corrected chi connectivity index (χ1v) is 7.01. The molecule has 0 aromatic carbocycles. The third kappa shape index (κ3) is 2.77. The molecule has 0 amide bonds. The maximum absolute atomic E-state index is 10.5. The summed E-state index contributed by atoms with van der Waals surface area (Å²) in [5.74, 6) is 0. The Balaban J connectivity index is 2.22. The highest BCUT2D eigenvalue weighted by Crippen LogP contribution is 2.30. The minimum Gasteiger partial charge on any atom is -0.384 e. The highest BCUT2D eigenvalue weighted by atomic mass is 79.9. The molecule has 6 heteroatoms. The molecule has 1 aliphatic heterocycles. The van der Waals surface area contributed by atoms with Gasteiger partial charge in [-0.1, -0.05) is 0 Å². The molecule has 18 heavy (non-hydrogen) atoms. The molecule has 102 valence electrons. The van der Waals surface area contributed by atoms with E-state index in [1.54, 1.807) is 6.20 Å². The summed E-state index contributed by atoms with van der Waals surface area (Å²) < 4.78 is 8.34. The van der Waals surface area contributed by atoms with Crippen molar-refractivity contribution < 1.29 is 9.84 Å². The molecule has 0 bridgehead atoms. The van der Waals surface area contributed by atoms with Crippen molar-refractivity contribution >= 4 is 15.9 Å². The molecule has 1 N–H and O–H groups in total. The summed E-state index contributed by atoms with van der Waals surface area (Å²) in [7, 11) is 2.04. The minimum atomic E-state index is -0.660. The molecule has 0 aliphatic carbocycles. The summed E-state index contributed by atoms with van der Waals surface area (Å²) in [6, 6.07) is 0.210. The van der Waals surface area contributed by atoms with Crippen LogP contribution in [-0.4, -0.2) is 52.6 Å². The van der Waals surface area contributed by atoms with Crippen LogP contribution in [0.2, 0.25) is 0 Å². The third-order valence-electron chi connectivity index (χ3n) is 3.21. The van der Waals surface area contributed by atoms with Gasteiger partial charge in [-0.2, -0.15) is 5.10 Å². The van der Waals surface area contributed by atoms with Gasteiger partial charge in [-0.3, -0.25) is 4.68 Å². The van der Waals surface area contributed by atoms with Crippen LogP contribution in [0.5, 0.6) is 0 Å². The van der Waals surface area contributed by atoms with E-state index in [2.05, 4.69) is 25.9 Å².